The zero-order chi connectivity index (χ0) is 15.9. The number of hydrogen-bond acceptors (Lipinski definition) is 5. The van der Waals surface area contributed by atoms with Gasteiger partial charge in [-0.3, -0.25) is 0 Å². The molecule has 23 heavy (non-hydrogen) atoms. The number of carbonyl (C=O) groups excluding carboxylic acids is 1. The quantitative estimate of drug-likeness (QED) is 0.916. The van der Waals surface area contributed by atoms with Crippen LogP contribution in [0.5, 0.6) is 0 Å². The smallest absolute Gasteiger partial charge is 0.410 e. The summed E-state index contributed by atoms with van der Waals surface area (Å²) in [6.07, 6.45) is 0.501. The zero-order valence-electron chi connectivity index (χ0n) is 12.3. The molecule has 6 nitrogen and oxygen atoms in total. The molecule has 7 heteroatoms. The van der Waals surface area contributed by atoms with E-state index in [2.05, 4.69) is 15.5 Å². The van der Waals surface area contributed by atoms with Crippen LogP contribution in [0.2, 0.25) is 5.15 Å². The Morgan fingerprint density at radius 3 is 2.87 bits per heavy atom. The van der Waals surface area contributed by atoms with E-state index in [1.165, 1.54) is 0 Å². The number of halogens is 1. The van der Waals surface area contributed by atoms with E-state index in [9.17, 15) is 4.79 Å². The fraction of sp³-hybridized carbons (Fsp3) is 0.312. The third-order valence-electron chi connectivity index (χ3n) is 4.21. The zero-order valence-corrected chi connectivity index (χ0v) is 13.1. The van der Waals surface area contributed by atoms with Crippen LogP contribution in [0.15, 0.2) is 36.4 Å². The Balaban J connectivity index is 1.32. The Hall–Kier alpha value is -2.34. The molecule has 0 atom stereocenters. The molecule has 1 fully saturated rings. The summed E-state index contributed by atoms with van der Waals surface area (Å²) in [4.78, 5) is 13.8. The number of hydrogen-bond donors (Lipinski definition) is 1. The second-order valence-electron chi connectivity index (χ2n) is 6.02. The molecule has 1 aromatic carbocycles. The normalized spacial score (nSPS) is 17.3. The van der Waals surface area contributed by atoms with Crippen LogP contribution in [0, 0.1) is 0 Å². The van der Waals surface area contributed by atoms with Crippen molar-refractivity contribution in [3.8, 4) is 0 Å². The number of nitrogens with zero attached hydrogens (tertiary/aromatic N) is 3. The van der Waals surface area contributed by atoms with Crippen LogP contribution < -0.4 is 5.32 Å². The Morgan fingerprint density at radius 2 is 2.09 bits per heavy atom. The monoisotopic (exact) mass is 330 g/mol. The second kappa shape index (κ2) is 5.38. The van der Waals surface area contributed by atoms with Crippen molar-refractivity contribution in [2.45, 2.75) is 18.6 Å². The summed E-state index contributed by atoms with van der Waals surface area (Å²) >= 11 is 5.87. The molecule has 2 aromatic rings. The summed E-state index contributed by atoms with van der Waals surface area (Å²) in [7, 11) is 0. The molecule has 2 aliphatic heterocycles. The summed E-state index contributed by atoms with van der Waals surface area (Å²) in [6, 6.07) is 11.5. The van der Waals surface area contributed by atoms with E-state index in [0.717, 1.165) is 23.4 Å². The molecule has 1 aromatic heterocycles. The Kier molecular flexibility index (Phi) is 3.34. The molecule has 4 rings (SSSR count). The van der Waals surface area contributed by atoms with E-state index in [1.807, 2.05) is 36.4 Å². The van der Waals surface area contributed by atoms with Crippen LogP contribution in [-0.4, -0.2) is 39.8 Å². The number of amides is 1. The molecule has 1 spiro atoms. The van der Waals surface area contributed by atoms with E-state index in [0.29, 0.717) is 18.2 Å². The first kappa shape index (κ1) is 14.3. The van der Waals surface area contributed by atoms with E-state index < -0.39 is 0 Å². The van der Waals surface area contributed by atoms with Crippen molar-refractivity contribution in [1.82, 2.24) is 15.1 Å². The van der Waals surface area contributed by atoms with Gasteiger partial charge in [0.15, 0.2) is 11.0 Å². The number of ether oxygens (including phenoxy) is 1. The topological polar surface area (TPSA) is 67.3 Å². The standard InChI is InChI=1S/C16H15ClN4O2/c17-13-6-12-7-16(18-14(12)20-19-13)9-21(10-16)15(22)23-8-11-4-2-1-3-5-11/h1-6H,7-10H2,(H,18,20). The van der Waals surface area contributed by atoms with Gasteiger partial charge >= 0.3 is 6.09 Å². The van der Waals surface area contributed by atoms with E-state index >= 15 is 0 Å². The van der Waals surface area contributed by atoms with Gasteiger partial charge in [-0.05, 0) is 11.6 Å². The second-order valence-corrected chi connectivity index (χ2v) is 6.41. The molecule has 1 N–H and O–H groups in total. The van der Waals surface area contributed by atoms with Crippen molar-refractivity contribution in [3.63, 3.8) is 0 Å². The first-order valence-electron chi connectivity index (χ1n) is 7.39. The van der Waals surface area contributed by atoms with Crippen LogP contribution in [0.25, 0.3) is 0 Å². The van der Waals surface area contributed by atoms with Crippen molar-refractivity contribution in [3.05, 3.63) is 52.7 Å². The lowest BCUT2D eigenvalue weighted by atomic mass is 9.87. The number of fused-ring (bicyclic) bond motifs is 1. The van der Waals surface area contributed by atoms with E-state index in [4.69, 9.17) is 16.3 Å². The summed E-state index contributed by atoms with van der Waals surface area (Å²) in [5, 5.41) is 11.6. The molecule has 1 saturated heterocycles. The van der Waals surface area contributed by atoms with Gasteiger partial charge in [-0.25, -0.2) is 4.79 Å². The van der Waals surface area contributed by atoms with Crippen molar-refractivity contribution >= 4 is 23.5 Å². The lowest BCUT2D eigenvalue weighted by Crippen LogP contribution is -2.66. The van der Waals surface area contributed by atoms with Crippen molar-refractivity contribution < 1.29 is 9.53 Å². The van der Waals surface area contributed by atoms with Gasteiger partial charge in [0.1, 0.15) is 6.61 Å². The van der Waals surface area contributed by atoms with Gasteiger partial charge in [0.05, 0.1) is 5.54 Å². The summed E-state index contributed by atoms with van der Waals surface area (Å²) in [5.41, 5.74) is 1.86. The Bertz CT molecular complexity index is 747. The average molecular weight is 331 g/mol. The van der Waals surface area contributed by atoms with Gasteiger partial charge in [-0.2, -0.15) is 0 Å². The van der Waals surface area contributed by atoms with Gasteiger partial charge in [-0.15, -0.1) is 10.2 Å². The molecule has 0 saturated carbocycles. The van der Waals surface area contributed by atoms with Crippen LogP contribution in [0.3, 0.4) is 0 Å². The Labute approximate surface area is 138 Å². The molecule has 0 aliphatic carbocycles. The van der Waals surface area contributed by atoms with Crippen LogP contribution in [0.4, 0.5) is 10.6 Å². The minimum Gasteiger partial charge on any atom is -0.445 e. The first-order chi connectivity index (χ1) is 11.1. The number of aromatic nitrogens is 2. The molecule has 3 heterocycles. The molecule has 118 valence electrons. The molecule has 0 bridgehead atoms. The Morgan fingerprint density at radius 1 is 1.30 bits per heavy atom. The van der Waals surface area contributed by atoms with Crippen molar-refractivity contribution in [1.29, 1.82) is 0 Å². The summed E-state index contributed by atoms with van der Waals surface area (Å²) < 4.78 is 5.34. The van der Waals surface area contributed by atoms with Gasteiger partial charge in [0, 0.05) is 25.1 Å². The minimum atomic E-state index is -0.290. The molecular formula is C16H15ClN4O2. The van der Waals surface area contributed by atoms with Crippen LogP contribution >= 0.6 is 11.6 Å². The van der Waals surface area contributed by atoms with E-state index in [-0.39, 0.29) is 18.2 Å². The lowest BCUT2D eigenvalue weighted by molar-refractivity contribution is 0.0456. The largest absolute Gasteiger partial charge is 0.445 e. The first-order valence-corrected chi connectivity index (χ1v) is 7.77. The molecular weight excluding hydrogens is 316 g/mol. The predicted octanol–water partition coefficient (Wildman–Crippen LogP) is 2.49. The molecule has 0 radical (unpaired) electrons. The maximum absolute atomic E-state index is 12.1. The number of benzene rings is 1. The number of likely N-dealkylation sites (tertiary alicyclic amines) is 1. The average Bonchev–Trinajstić information content (AvgIpc) is 2.91. The van der Waals surface area contributed by atoms with Gasteiger partial charge in [0.2, 0.25) is 0 Å². The SMILES string of the molecule is O=C(OCc1ccccc1)N1CC2(Cc3cc(Cl)nnc3N2)C1. The number of anilines is 1. The minimum absolute atomic E-state index is 0.159. The number of carbonyl (C=O) groups is 1. The third kappa shape index (κ3) is 2.70. The van der Waals surface area contributed by atoms with Crippen molar-refractivity contribution in [2.75, 3.05) is 18.4 Å². The maximum Gasteiger partial charge on any atom is 0.410 e. The van der Waals surface area contributed by atoms with Crippen molar-refractivity contribution in [2.24, 2.45) is 0 Å². The van der Waals surface area contributed by atoms with Gasteiger partial charge in [0.25, 0.3) is 0 Å². The highest BCUT2D eigenvalue weighted by atomic mass is 35.5. The summed E-state index contributed by atoms with van der Waals surface area (Å²) in [6.45, 7) is 1.47. The van der Waals surface area contributed by atoms with Gasteiger partial charge in [-0.1, -0.05) is 41.9 Å². The number of nitrogens with one attached hydrogen (secondary N) is 1. The van der Waals surface area contributed by atoms with E-state index in [1.54, 1.807) is 4.90 Å². The molecule has 2 aliphatic rings. The van der Waals surface area contributed by atoms with Crippen LogP contribution in [0.1, 0.15) is 11.1 Å². The molecule has 0 unspecified atom stereocenters. The van der Waals surface area contributed by atoms with Gasteiger partial charge < -0.3 is 15.0 Å². The summed E-state index contributed by atoms with van der Waals surface area (Å²) in [5.74, 6) is 0.756. The highest BCUT2D eigenvalue weighted by Gasteiger charge is 2.50. The lowest BCUT2D eigenvalue weighted by Gasteiger charge is -2.47. The van der Waals surface area contributed by atoms with Crippen LogP contribution in [-0.2, 0) is 17.8 Å². The third-order valence-corrected chi connectivity index (χ3v) is 4.39. The fourth-order valence-corrected chi connectivity index (χ4v) is 3.29. The number of rotatable bonds is 2. The highest BCUT2D eigenvalue weighted by Crippen LogP contribution is 2.37. The molecule has 1 amide bonds. The highest BCUT2D eigenvalue weighted by molar-refractivity contribution is 6.29. The fourth-order valence-electron chi connectivity index (χ4n) is 3.12. The maximum atomic E-state index is 12.1. The predicted molar refractivity (Wildman–Crippen MR) is 85.3 cm³/mol.